The highest BCUT2D eigenvalue weighted by Crippen LogP contribution is 2.21. The van der Waals surface area contributed by atoms with Crippen LogP contribution in [0.25, 0.3) is 0 Å². The zero-order valence-corrected chi connectivity index (χ0v) is 17.3. The number of amides is 1. The van der Waals surface area contributed by atoms with E-state index in [1.165, 1.54) is 16.7 Å². The molecule has 0 saturated carbocycles. The summed E-state index contributed by atoms with van der Waals surface area (Å²) in [4.78, 5) is 24.0. The van der Waals surface area contributed by atoms with Crippen LogP contribution in [0.5, 0.6) is 0 Å². The topological polar surface area (TPSA) is 51.7 Å². The number of piperazine rings is 2. The predicted octanol–water partition coefficient (Wildman–Crippen LogP) is 1.68. The lowest BCUT2D eigenvalue weighted by Gasteiger charge is -2.39. The molecule has 0 spiro atoms. The van der Waals surface area contributed by atoms with E-state index in [0.29, 0.717) is 6.54 Å². The molecule has 2 aliphatic rings. The molecule has 2 fully saturated rings. The Morgan fingerprint density at radius 3 is 2.76 bits per heavy atom. The van der Waals surface area contributed by atoms with Crippen LogP contribution >= 0.6 is 0 Å². The molecule has 2 aromatic rings. The van der Waals surface area contributed by atoms with Crippen LogP contribution in [0.4, 0.5) is 0 Å². The molecule has 6 heteroatoms. The number of aromatic nitrogens is 1. The smallest absolute Gasteiger partial charge is 0.236 e. The van der Waals surface area contributed by atoms with Crippen LogP contribution in [0.2, 0.25) is 0 Å². The first-order valence-electron chi connectivity index (χ1n) is 10.6. The van der Waals surface area contributed by atoms with Crippen LogP contribution in [0.1, 0.15) is 22.7 Å². The number of rotatable bonds is 5. The number of nitrogens with one attached hydrogen (secondary N) is 1. The monoisotopic (exact) mass is 393 g/mol. The lowest BCUT2D eigenvalue weighted by Crippen LogP contribution is -2.53. The van der Waals surface area contributed by atoms with Gasteiger partial charge < -0.3 is 10.2 Å². The highest BCUT2D eigenvalue weighted by molar-refractivity contribution is 5.78. The number of carbonyl (C=O) groups is 1. The highest BCUT2D eigenvalue weighted by atomic mass is 16.2. The Hall–Kier alpha value is -2.28. The Kier molecular flexibility index (Phi) is 6.54. The Labute approximate surface area is 173 Å². The van der Waals surface area contributed by atoms with Crippen LogP contribution in [0.15, 0.2) is 48.8 Å². The van der Waals surface area contributed by atoms with E-state index in [0.717, 1.165) is 52.4 Å². The van der Waals surface area contributed by atoms with Gasteiger partial charge in [-0.05, 0) is 24.1 Å². The first-order valence-corrected chi connectivity index (χ1v) is 10.6. The Balaban J connectivity index is 1.30. The second kappa shape index (κ2) is 9.48. The van der Waals surface area contributed by atoms with Gasteiger partial charge in [-0.15, -0.1) is 0 Å². The van der Waals surface area contributed by atoms with Crippen LogP contribution in [0.3, 0.4) is 0 Å². The number of hydrogen-bond acceptors (Lipinski definition) is 5. The van der Waals surface area contributed by atoms with Crippen molar-refractivity contribution in [2.45, 2.75) is 19.5 Å². The average molecular weight is 394 g/mol. The molecule has 1 N–H and O–H groups in total. The summed E-state index contributed by atoms with van der Waals surface area (Å²) in [5.41, 5.74) is 3.83. The summed E-state index contributed by atoms with van der Waals surface area (Å²) >= 11 is 0. The molecule has 0 bridgehead atoms. The molecule has 0 aliphatic carbocycles. The van der Waals surface area contributed by atoms with Gasteiger partial charge in [0, 0.05) is 70.8 Å². The quantitative estimate of drug-likeness (QED) is 0.838. The molecular formula is C23H31N5O. The van der Waals surface area contributed by atoms with E-state index in [1.54, 1.807) is 6.20 Å². The van der Waals surface area contributed by atoms with Crippen molar-refractivity contribution in [3.63, 3.8) is 0 Å². The second-order valence-electron chi connectivity index (χ2n) is 8.12. The van der Waals surface area contributed by atoms with Crippen LogP contribution in [0, 0.1) is 6.92 Å². The minimum absolute atomic E-state index is 0.212. The summed E-state index contributed by atoms with van der Waals surface area (Å²) < 4.78 is 0. The number of benzene rings is 1. The number of nitrogens with zero attached hydrogens (tertiary/aromatic N) is 4. The molecule has 2 aliphatic heterocycles. The molecule has 1 aromatic heterocycles. The van der Waals surface area contributed by atoms with Crippen molar-refractivity contribution in [3.05, 3.63) is 65.5 Å². The third kappa shape index (κ3) is 5.21. The fourth-order valence-corrected chi connectivity index (χ4v) is 4.34. The Morgan fingerprint density at radius 1 is 1.14 bits per heavy atom. The molecule has 1 amide bonds. The minimum Gasteiger partial charge on any atom is -0.339 e. The number of carbonyl (C=O) groups excluding carboxylic acids is 1. The molecule has 2 saturated heterocycles. The van der Waals surface area contributed by atoms with E-state index in [9.17, 15) is 4.79 Å². The van der Waals surface area contributed by atoms with Gasteiger partial charge >= 0.3 is 0 Å². The van der Waals surface area contributed by atoms with E-state index >= 15 is 0 Å². The third-order valence-electron chi connectivity index (χ3n) is 5.98. The number of pyridine rings is 1. The fraction of sp³-hybridized carbons (Fsp3) is 0.478. The third-order valence-corrected chi connectivity index (χ3v) is 5.98. The first-order chi connectivity index (χ1) is 14.2. The average Bonchev–Trinajstić information content (AvgIpc) is 2.75. The molecule has 1 aromatic carbocycles. The molecular weight excluding hydrogens is 362 g/mol. The van der Waals surface area contributed by atoms with E-state index < -0.39 is 0 Å². The lowest BCUT2D eigenvalue weighted by atomic mass is 10.1. The predicted molar refractivity (Wildman–Crippen MR) is 114 cm³/mol. The number of hydrogen-bond donors (Lipinski definition) is 1. The lowest BCUT2D eigenvalue weighted by molar-refractivity contribution is -0.135. The van der Waals surface area contributed by atoms with E-state index in [-0.39, 0.29) is 11.9 Å². The SMILES string of the molecule is Cc1cccc(CN2CCN(C(=O)CN3CCNCC3c3cccnc3)CC2)c1. The zero-order valence-electron chi connectivity index (χ0n) is 17.3. The summed E-state index contributed by atoms with van der Waals surface area (Å²) in [7, 11) is 0. The van der Waals surface area contributed by atoms with Crippen molar-refractivity contribution in [2.24, 2.45) is 0 Å². The van der Waals surface area contributed by atoms with Gasteiger partial charge in [0.25, 0.3) is 0 Å². The van der Waals surface area contributed by atoms with Crippen LogP contribution in [-0.4, -0.2) is 77.9 Å². The number of aryl methyl sites for hydroxylation is 1. The normalized spacial score (nSPS) is 21.3. The summed E-state index contributed by atoms with van der Waals surface area (Å²) in [6, 6.07) is 13.0. The van der Waals surface area contributed by atoms with Gasteiger partial charge in [-0.2, -0.15) is 0 Å². The zero-order chi connectivity index (χ0) is 20.1. The second-order valence-corrected chi connectivity index (χ2v) is 8.12. The van der Waals surface area contributed by atoms with Gasteiger partial charge in [0.15, 0.2) is 0 Å². The van der Waals surface area contributed by atoms with Gasteiger partial charge in [-0.25, -0.2) is 0 Å². The maximum atomic E-state index is 13.0. The summed E-state index contributed by atoms with van der Waals surface area (Å²) in [5, 5.41) is 3.45. The molecule has 3 heterocycles. The van der Waals surface area contributed by atoms with E-state index in [4.69, 9.17) is 0 Å². The van der Waals surface area contributed by atoms with E-state index in [1.807, 2.05) is 17.2 Å². The Bertz CT molecular complexity index is 804. The maximum Gasteiger partial charge on any atom is 0.236 e. The van der Waals surface area contributed by atoms with Gasteiger partial charge in [-0.1, -0.05) is 35.9 Å². The van der Waals surface area contributed by atoms with Crippen molar-refractivity contribution in [1.29, 1.82) is 0 Å². The fourth-order valence-electron chi connectivity index (χ4n) is 4.34. The summed E-state index contributed by atoms with van der Waals surface area (Å²) in [6.45, 7) is 9.76. The molecule has 6 nitrogen and oxygen atoms in total. The minimum atomic E-state index is 0.212. The van der Waals surface area contributed by atoms with Crippen molar-refractivity contribution in [1.82, 2.24) is 25.0 Å². The largest absolute Gasteiger partial charge is 0.339 e. The maximum absolute atomic E-state index is 13.0. The van der Waals surface area contributed by atoms with Crippen LogP contribution in [-0.2, 0) is 11.3 Å². The first kappa shape index (κ1) is 20.0. The molecule has 1 atom stereocenters. The van der Waals surface area contributed by atoms with Gasteiger partial charge in [0.1, 0.15) is 0 Å². The van der Waals surface area contributed by atoms with Crippen molar-refractivity contribution in [2.75, 3.05) is 52.4 Å². The van der Waals surface area contributed by atoms with Gasteiger partial charge in [-0.3, -0.25) is 19.6 Å². The van der Waals surface area contributed by atoms with Gasteiger partial charge in [0.05, 0.1) is 6.54 Å². The standard InChI is InChI=1S/C23H31N5O/c1-19-4-2-5-20(14-19)17-26-10-12-27(13-11-26)23(29)18-28-9-8-25-16-22(28)21-6-3-7-24-15-21/h2-7,14-15,22,25H,8-13,16-18H2,1H3. The Morgan fingerprint density at radius 2 is 2.00 bits per heavy atom. The van der Waals surface area contributed by atoms with Crippen molar-refractivity contribution in [3.8, 4) is 0 Å². The van der Waals surface area contributed by atoms with Crippen molar-refractivity contribution >= 4 is 5.91 Å². The van der Waals surface area contributed by atoms with Crippen molar-refractivity contribution < 1.29 is 4.79 Å². The van der Waals surface area contributed by atoms with Gasteiger partial charge in [0.2, 0.25) is 5.91 Å². The molecule has 1 unspecified atom stereocenters. The highest BCUT2D eigenvalue weighted by Gasteiger charge is 2.28. The van der Waals surface area contributed by atoms with Crippen LogP contribution < -0.4 is 5.32 Å². The summed E-state index contributed by atoms with van der Waals surface area (Å²) in [5.74, 6) is 0.246. The molecule has 4 rings (SSSR count). The van der Waals surface area contributed by atoms with E-state index in [2.05, 4.69) is 57.4 Å². The molecule has 154 valence electrons. The molecule has 0 radical (unpaired) electrons. The molecule has 29 heavy (non-hydrogen) atoms. The summed E-state index contributed by atoms with van der Waals surface area (Å²) in [6.07, 6.45) is 3.71.